The molecule has 1 fully saturated rings. The van der Waals surface area contributed by atoms with Gasteiger partial charge in [0.1, 0.15) is 6.61 Å². The number of cyclic esters (lactones) is 1. The molecule has 0 radical (unpaired) electrons. The van der Waals surface area contributed by atoms with Crippen LogP contribution in [0.5, 0.6) is 0 Å². The van der Waals surface area contributed by atoms with Crippen molar-refractivity contribution in [2.24, 2.45) is 0 Å². The monoisotopic (exact) mass is 423 g/mol. The van der Waals surface area contributed by atoms with Gasteiger partial charge >= 0.3 is 117 Å². The minimum absolute atomic E-state index is 0.0266. The predicted molar refractivity (Wildman–Crippen MR) is 131 cm³/mol. The van der Waals surface area contributed by atoms with Crippen molar-refractivity contribution in [1.29, 1.82) is 0 Å². The van der Waals surface area contributed by atoms with Gasteiger partial charge in [0.15, 0.2) is 0 Å². The third-order valence-electron chi connectivity index (χ3n) is 6.12. The molecule has 0 aliphatic carbocycles. The molecule has 3 nitrogen and oxygen atoms in total. The van der Waals surface area contributed by atoms with Crippen molar-refractivity contribution in [2.45, 2.75) is 85.1 Å². The van der Waals surface area contributed by atoms with E-state index in [4.69, 9.17) is 4.74 Å². The van der Waals surface area contributed by atoms with Crippen LogP contribution >= 0.6 is 7.26 Å². The Labute approximate surface area is 180 Å². The largest absolute Gasteiger partial charge is 0.447 e. The van der Waals surface area contributed by atoms with Crippen molar-refractivity contribution in [2.75, 3.05) is 31.3 Å². The molecular weight excluding hydrogens is 377 g/mol. The van der Waals surface area contributed by atoms with E-state index in [1.165, 1.54) is 51.4 Å². The Kier molecular flexibility index (Phi) is 14.1. The summed E-state index contributed by atoms with van der Waals surface area (Å²) in [5.74, 6) is 0. The second-order valence-corrected chi connectivity index (χ2v) is 13.6. The maximum absolute atomic E-state index is 10.7. The molecule has 0 aromatic heterocycles. The first-order valence-electron chi connectivity index (χ1n) is 12.1. The number of rotatable bonds is 13. The Bertz CT molecular complexity index is 497. The SMILES string of the molecule is CCCC[PH](CCCC)(CCCC)CCCC.O=C1NC(c2ccccc2)CO1. The van der Waals surface area contributed by atoms with Crippen molar-refractivity contribution in [1.82, 2.24) is 5.32 Å². The second-order valence-electron chi connectivity index (χ2n) is 8.62. The molecule has 0 spiro atoms. The number of hydrogen-bond donors (Lipinski definition) is 1. The molecule has 1 amide bonds. The zero-order valence-corrected chi connectivity index (χ0v) is 20.5. The van der Waals surface area contributed by atoms with Crippen molar-refractivity contribution >= 4 is 13.4 Å². The number of amides is 1. The van der Waals surface area contributed by atoms with Crippen LogP contribution in [0.4, 0.5) is 4.79 Å². The third kappa shape index (κ3) is 10.5. The van der Waals surface area contributed by atoms with Gasteiger partial charge in [-0.3, -0.25) is 0 Å². The summed E-state index contributed by atoms with van der Waals surface area (Å²) in [5, 5.41) is 2.71. The Balaban J connectivity index is 0.000000304. The van der Waals surface area contributed by atoms with Crippen LogP contribution in [0.15, 0.2) is 30.3 Å². The molecule has 1 heterocycles. The molecule has 1 aromatic carbocycles. The maximum Gasteiger partial charge on any atom is 0.407 e. The molecule has 0 bridgehead atoms. The van der Waals surface area contributed by atoms with E-state index in [9.17, 15) is 4.79 Å². The van der Waals surface area contributed by atoms with E-state index >= 15 is 0 Å². The number of alkyl carbamates (subject to hydrolysis) is 1. The van der Waals surface area contributed by atoms with Crippen LogP contribution in [0.25, 0.3) is 0 Å². The van der Waals surface area contributed by atoms with Gasteiger partial charge in [-0.15, -0.1) is 0 Å². The summed E-state index contributed by atoms with van der Waals surface area (Å²) in [6.45, 7) is 9.87. The summed E-state index contributed by atoms with van der Waals surface area (Å²) in [5.41, 5.74) is 1.09. The minimum Gasteiger partial charge on any atom is -0.447 e. The average Bonchev–Trinajstić information content (AvgIpc) is 3.20. The zero-order valence-electron chi connectivity index (χ0n) is 19.5. The number of carbonyl (C=O) groups excluding carboxylic acids is 1. The van der Waals surface area contributed by atoms with Crippen LogP contribution in [0.1, 0.15) is 90.7 Å². The molecule has 168 valence electrons. The predicted octanol–water partition coefficient (Wildman–Crippen LogP) is 7.40. The quantitative estimate of drug-likeness (QED) is 0.336. The fraction of sp³-hybridized carbons (Fsp3) is 0.720. The van der Waals surface area contributed by atoms with Crippen LogP contribution in [0.3, 0.4) is 0 Å². The summed E-state index contributed by atoms with van der Waals surface area (Å²) >= 11 is 0. The first kappa shape index (κ1) is 26.0. The zero-order chi connectivity index (χ0) is 21.4. The standard InChI is InChI=1S/C16H37P.C9H9NO2/c1-5-9-13-17(14-10-6-2,15-11-7-3)16-12-8-4;11-9-10-8(6-12-9)7-4-2-1-3-5-7/h17H,5-16H2,1-4H3;1-5,8H,6H2,(H,10,11). The molecule has 1 unspecified atom stereocenters. The van der Waals surface area contributed by atoms with Gasteiger partial charge in [0.25, 0.3) is 0 Å². The summed E-state index contributed by atoms with van der Waals surface area (Å²) < 4.78 is 4.77. The number of unbranched alkanes of at least 4 members (excludes halogenated alkanes) is 4. The van der Waals surface area contributed by atoms with Gasteiger partial charge < -0.3 is 10.1 Å². The van der Waals surface area contributed by atoms with Gasteiger partial charge in [-0.1, -0.05) is 30.3 Å². The van der Waals surface area contributed by atoms with E-state index in [1.807, 2.05) is 30.3 Å². The second kappa shape index (κ2) is 15.7. The van der Waals surface area contributed by atoms with Gasteiger partial charge in [0.05, 0.1) is 6.04 Å². The van der Waals surface area contributed by atoms with Crippen molar-refractivity contribution in [3.63, 3.8) is 0 Å². The molecule has 0 saturated carbocycles. The van der Waals surface area contributed by atoms with Crippen LogP contribution in [0, 0.1) is 0 Å². The van der Waals surface area contributed by atoms with E-state index < -0.39 is 7.26 Å². The smallest absolute Gasteiger partial charge is 0.407 e. The molecule has 1 aliphatic heterocycles. The Morgan fingerprint density at radius 2 is 1.28 bits per heavy atom. The molecule has 1 aliphatic rings. The van der Waals surface area contributed by atoms with E-state index in [2.05, 4.69) is 33.0 Å². The summed E-state index contributed by atoms with van der Waals surface area (Å²) in [4.78, 5) is 10.7. The van der Waals surface area contributed by atoms with E-state index in [0.29, 0.717) is 6.61 Å². The van der Waals surface area contributed by atoms with Crippen LogP contribution < -0.4 is 5.32 Å². The maximum atomic E-state index is 10.7. The molecule has 1 saturated heterocycles. The first-order chi connectivity index (χ1) is 14.1. The Hall–Kier alpha value is -1.08. The fourth-order valence-electron chi connectivity index (χ4n) is 4.21. The number of carbonyl (C=O) groups is 1. The minimum atomic E-state index is -0.879. The van der Waals surface area contributed by atoms with E-state index in [0.717, 1.165) is 5.56 Å². The molecule has 1 atom stereocenters. The van der Waals surface area contributed by atoms with Gasteiger partial charge in [-0.05, 0) is 5.56 Å². The summed E-state index contributed by atoms with van der Waals surface area (Å²) in [6, 6.07) is 9.80. The number of ether oxygens (including phenoxy) is 1. The summed E-state index contributed by atoms with van der Waals surface area (Å²) in [7, 11) is -0.879. The number of nitrogens with one attached hydrogen (secondary N) is 1. The average molecular weight is 424 g/mol. The normalized spacial score (nSPS) is 16.6. The van der Waals surface area contributed by atoms with Crippen molar-refractivity contribution < 1.29 is 9.53 Å². The van der Waals surface area contributed by atoms with Crippen LogP contribution in [-0.4, -0.2) is 37.3 Å². The third-order valence-corrected chi connectivity index (χ3v) is 11.8. The van der Waals surface area contributed by atoms with Crippen molar-refractivity contribution in [3.05, 3.63) is 35.9 Å². The first-order valence-corrected chi connectivity index (χ1v) is 14.9. The number of hydrogen-bond acceptors (Lipinski definition) is 2. The van der Waals surface area contributed by atoms with Gasteiger partial charge in [0.2, 0.25) is 0 Å². The van der Waals surface area contributed by atoms with Crippen LogP contribution in [0.2, 0.25) is 0 Å². The molecule has 29 heavy (non-hydrogen) atoms. The van der Waals surface area contributed by atoms with E-state index in [-0.39, 0.29) is 12.1 Å². The fourth-order valence-corrected chi connectivity index (χ4v) is 10.1. The van der Waals surface area contributed by atoms with Gasteiger partial charge in [0, 0.05) is 0 Å². The number of benzene rings is 1. The topological polar surface area (TPSA) is 38.3 Å². The Morgan fingerprint density at radius 1 is 0.828 bits per heavy atom. The molecule has 1 N–H and O–H groups in total. The van der Waals surface area contributed by atoms with Crippen LogP contribution in [-0.2, 0) is 4.74 Å². The molecular formula is C25H46NO2P. The van der Waals surface area contributed by atoms with E-state index in [1.54, 1.807) is 24.6 Å². The molecule has 1 aromatic rings. The molecule has 4 heteroatoms. The van der Waals surface area contributed by atoms with Gasteiger partial charge in [-0.25, -0.2) is 4.79 Å². The molecule has 2 rings (SSSR count). The summed E-state index contributed by atoms with van der Waals surface area (Å²) in [6.07, 6.45) is 17.8. The van der Waals surface area contributed by atoms with Crippen molar-refractivity contribution in [3.8, 4) is 0 Å². The van der Waals surface area contributed by atoms with Gasteiger partial charge in [-0.2, -0.15) is 0 Å². The Morgan fingerprint density at radius 3 is 1.62 bits per heavy atom.